The van der Waals surface area contributed by atoms with Gasteiger partial charge in [-0.05, 0) is 36.6 Å². The van der Waals surface area contributed by atoms with E-state index in [9.17, 15) is 14.9 Å². The van der Waals surface area contributed by atoms with E-state index < -0.39 is 23.3 Å². The Hall–Kier alpha value is -2.63. The molecule has 2 aromatic rings. The van der Waals surface area contributed by atoms with Crippen molar-refractivity contribution in [1.82, 2.24) is 0 Å². The minimum atomic E-state index is -1.16. The van der Waals surface area contributed by atoms with Crippen LogP contribution in [-0.2, 0) is 14.4 Å². The van der Waals surface area contributed by atoms with Crippen molar-refractivity contribution in [1.29, 1.82) is 0 Å². The maximum atomic E-state index is 12.4. The minimum absolute atomic E-state index is 0.299. The first kappa shape index (κ1) is 18.7. The Morgan fingerprint density at radius 3 is 2.56 bits per heavy atom. The summed E-state index contributed by atoms with van der Waals surface area (Å²) in [4.78, 5) is 27.4. The van der Waals surface area contributed by atoms with E-state index in [0.717, 1.165) is 22.8 Å². The van der Waals surface area contributed by atoms with Crippen LogP contribution >= 0.6 is 0 Å². The van der Waals surface area contributed by atoms with Crippen LogP contribution < -0.4 is 0 Å². The number of hydrogen-bond acceptors (Lipinski definition) is 5. The molecule has 0 saturated heterocycles. The van der Waals surface area contributed by atoms with E-state index in [0.29, 0.717) is 12.8 Å². The van der Waals surface area contributed by atoms with Gasteiger partial charge in [0.2, 0.25) is 6.29 Å². The highest BCUT2D eigenvalue weighted by atomic mass is 17.0. The zero-order valence-corrected chi connectivity index (χ0v) is 14.7. The van der Waals surface area contributed by atoms with Gasteiger partial charge in [0.25, 0.3) is 5.09 Å². The molecule has 0 aliphatic carbocycles. The summed E-state index contributed by atoms with van der Waals surface area (Å²) in [5, 5.41) is 11.8. The maximum Gasteiger partial charge on any atom is 0.315 e. The van der Waals surface area contributed by atoms with Gasteiger partial charge in [-0.1, -0.05) is 55.3 Å². The van der Waals surface area contributed by atoms with Crippen molar-refractivity contribution in [3.05, 3.63) is 57.6 Å². The van der Waals surface area contributed by atoms with Crippen LogP contribution in [0.4, 0.5) is 0 Å². The number of aryl methyl sites for hydroxylation is 1. The number of nitrogens with zero attached hydrogens (tertiary/aromatic N) is 1. The molecule has 1 unspecified atom stereocenters. The zero-order chi connectivity index (χ0) is 18.4. The van der Waals surface area contributed by atoms with Crippen LogP contribution in [0.5, 0.6) is 0 Å². The average molecular weight is 345 g/mol. The second-order valence-electron chi connectivity index (χ2n) is 6.17. The molecule has 2 atom stereocenters. The van der Waals surface area contributed by atoms with Gasteiger partial charge in [0.15, 0.2) is 0 Å². The number of benzene rings is 2. The second-order valence-corrected chi connectivity index (χ2v) is 6.17. The predicted molar refractivity (Wildman–Crippen MR) is 94.6 cm³/mol. The molecule has 0 amide bonds. The summed E-state index contributed by atoms with van der Waals surface area (Å²) in [5.74, 6) is -1.07. The molecular weight excluding hydrogens is 322 g/mol. The highest BCUT2D eigenvalue weighted by molar-refractivity contribution is 5.86. The van der Waals surface area contributed by atoms with Gasteiger partial charge >= 0.3 is 5.97 Å². The third kappa shape index (κ3) is 5.17. The van der Waals surface area contributed by atoms with Gasteiger partial charge in [-0.2, -0.15) is 0 Å². The Balaban J connectivity index is 2.11. The van der Waals surface area contributed by atoms with Crippen molar-refractivity contribution in [2.24, 2.45) is 0 Å². The van der Waals surface area contributed by atoms with Crippen LogP contribution in [0.25, 0.3) is 10.8 Å². The summed E-state index contributed by atoms with van der Waals surface area (Å²) in [7, 11) is 0. The van der Waals surface area contributed by atoms with Gasteiger partial charge in [-0.15, -0.1) is 10.1 Å². The molecule has 2 aromatic carbocycles. The van der Waals surface area contributed by atoms with E-state index >= 15 is 0 Å². The monoisotopic (exact) mass is 345 g/mol. The van der Waals surface area contributed by atoms with Crippen LogP contribution in [0.2, 0.25) is 0 Å². The van der Waals surface area contributed by atoms with Crippen molar-refractivity contribution in [3.63, 3.8) is 0 Å². The third-order valence-electron chi connectivity index (χ3n) is 4.12. The van der Waals surface area contributed by atoms with Gasteiger partial charge < -0.3 is 4.74 Å². The minimum Gasteiger partial charge on any atom is -0.435 e. The number of fused-ring (bicyclic) bond motifs is 1. The SMILES string of the molecule is CCCCC(OC(=O)[C@@H](C)c1ccc2cc(C)ccc2c1)O[N+](=O)[O-]. The molecule has 0 aliphatic rings. The molecule has 0 fully saturated rings. The van der Waals surface area contributed by atoms with E-state index in [1.807, 2.05) is 44.2 Å². The molecule has 2 rings (SSSR count). The first-order valence-corrected chi connectivity index (χ1v) is 8.42. The average Bonchev–Trinajstić information content (AvgIpc) is 2.57. The Morgan fingerprint density at radius 1 is 1.20 bits per heavy atom. The smallest absolute Gasteiger partial charge is 0.315 e. The summed E-state index contributed by atoms with van der Waals surface area (Å²) >= 11 is 0. The maximum absolute atomic E-state index is 12.4. The first-order valence-electron chi connectivity index (χ1n) is 8.42. The van der Waals surface area contributed by atoms with Gasteiger partial charge in [0, 0.05) is 6.42 Å². The lowest BCUT2D eigenvalue weighted by Crippen LogP contribution is -2.26. The molecule has 0 bridgehead atoms. The fourth-order valence-corrected chi connectivity index (χ4v) is 2.62. The number of carbonyl (C=O) groups is 1. The summed E-state index contributed by atoms with van der Waals surface area (Å²) < 4.78 is 5.21. The lowest BCUT2D eigenvalue weighted by atomic mass is 9.97. The molecule has 6 nitrogen and oxygen atoms in total. The summed E-state index contributed by atoms with van der Waals surface area (Å²) in [5.41, 5.74) is 1.97. The van der Waals surface area contributed by atoms with Gasteiger partial charge in [-0.3, -0.25) is 9.63 Å². The molecule has 0 aromatic heterocycles. The fourth-order valence-electron chi connectivity index (χ4n) is 2.62. The van der Waals surface area contributed by atoms with Crippen LogP contribution in [0, 0.1) is 17.0 Å². The van der Waals surface area contributed by atoms with Crippen molar-refractivity contribution < 1.29 is 19.5 Å². The quantitative estimate of drug-likeness (QED) is 0.304. The number of ether oxygens (including phenoxy) is 1. The number of hydrogen-bond donors (Lipinski definition) is 0. The van der Waals surface area contributed by atoms with Crippen LogP contribution in [0.3, 0.4) is 0 Å². The Bertz CT molecular complexity index is 759. The Morgan fingerprint density at radius 2 is 1.88 bits per heavy atom. The lowest BCUT2D eigenvalue weighted by Gasteiger charge is -2.18. The fraction of sp³-hybridized carbons (Fsp3) is 0.421. The molecule has 134 valence electrons. The predicted octanol–water partition coefficient (Wildman–Crippen LogP) is 4.52. The highest BCUT2D eigenvalue weighted by Crippen LogP contribution is 2.24. The van der Waals surface area contributed by atoms with Crippen molar-refractivity contribution in [2.75, 3.05) is 0 Å². The molecule has 25 heavy (non-hydrogen) atoms. The largest absolute Gasteiger partial charge is 0.435 e. The number of rotatable bonds is 8. The molecular formula is C19H23NO5. The van der Waals surface area contributed by atoms with Crippen LogP contribution in [0.15, 0.2) is 36.4 Å². The molecule has 0 radical (unpaired) electrons. The summed E-state index contributed by atoms with van der Waals surface area (Å²) in [6.45, 7) is 5.70. The highest BCUT2D eigenvalue weighted by Gasteiger charge is 2.23. The number of unbranched alkanes of at least 4 members (excludes halogenated alkanes) is 1. The summed E-state index contributed by atoms with van der Waals surface area (Å²) in [6.07, 6.45) is 0.644. The van der Waals surface area contributed by atoms with E-state index in [1.165, 1.54) is 5.56 Å². The molecule has 0 N–H and O–H groups in total. The van der Waals surface area contributed by atoms with Crippen LogP contribution in [0.1, 0.15) is 50.2 Å². The topological polar surface area (TPSA) is 78.7 Å². The van der Waals surface area contributed by atoms with Crippen molar-refractivity contribution in [3.8, 4) is 0 Å². The Kier molecular flexibility index (Phi) is 6.33. The van der Waals surface area contributed by atoms with Gasteiger partial charge in [0.05, 0.1) is 5.92 Å². The lowest BCUT2D eigenvalue weighted by molar-refractivity contribution is -0.779. The zero-order valence-electron chi connectivity index (χ0n) is 14.7. The van der Waals surface area contributed by atoms with Gasteiger partial charge in [0.1, 0.15) is 0 Å². The molecule has 0 saturated carbocycles. The Labute approximate surface area is 146 Å². The van der Waals surface area contributed by atoms with Crippen molar-refractivity contribution in [2.45, 2.75) is 52.2 Å². The number of esters is 1. The number of carbonyl (C=O) groups excluding carboxylic acids is 1. The van der Waals surface area contributed by atoms with Gasteiger partial charge in [-0.25, -0.2) is 0 Å². The normalized spacial score (nSPS) is 13.2. The van der Waals surface area contributed by atoms with Crippen LogP contribution in [-0.4, -0.2) is 17.3 Å². The van der Waals surface area contributed by atoms with Crippen molar-refractivity contribution >= 4 is 16.7 Å². The van der Waals surface area contributed by atoms with E-state index in [-0.39, 0.29) is 0 Å². The third-order valence-corrected chi connectivity index (χ3v) is 4.12. The molecule has 0 heterocycles. The summed E-state index contributed by atoms with van der Waals surface area (Å²) in [6, 6.07) is 11.9. The van der Waals surface area contributed by atoms with E-state index in [4.69, 9.17) is 4.74 Å². The molecule has 0 spiro atoms. The second kappa shape index (κ2) is 8.46. The van der Waals surface area contributed by atoms with E-state index in [1.54, 1.807) is 6.92 Å². The standard InChI is InChI=1S/C19H23NO5/c1-4-5-6-18(25-20(22)23)24-19(21)14(3)15-9-10-16-11-13(2)7-8-17(16)12-15/h7-12,14,18H,4-6H2,1-3H3/t14-,18?/m0/s1. The molecule has 6 heteroatoms. The van der Waals surface area contributed by atoms with E-state index in [2.05, 4.69) is 10.9 Å². The molecule has 0 aliphatic heterocycles. The first-order chi connectivity index (χ1) is 11.9.